The summed E-state index contributed by atoms with van der Waals surface area (Å²) < 4.78 is 0. The molecule has 1 N–H and O–H groups in total. The van der Waals surface area contributed by atoms with Crippen molar-refractivity contribution in [2.45, 2.75) is 18.6 Å². The lowest BCUT2D eigenvalue weighted by molar-refractivity contribution is -0.121. The molecular formula is C24H21N3O2S. The second-order valence-corrected chi connectivity index (χ2v) is 8.14. The predicted octanol–water partition coefficient (Wildman–Crippen LogP) is 5.16. The Morgan fingerprint density at radius 1 is 1.00 bits per heavy atom. The van der Waals surface area contributed by atoms with E-state index in [0.717, 1.165) is 22.6 Å². The van der Waals surface area contributed by atoms with Crippen LogP contribution >= 0.6 is 11.8 Å². The van der Waals surface area contributed by atoms with Crippen LogP contribution in [0.2, 0.25) is 0 Å². The van der Waals surface area contributed by atoms with Crippen molar-refractivity contribution >= 4 is 45.8 Å². The second-order valence-electron chi connectivity index (χ2n) is 6.97. The number of carbonyl (C=O) groups is 2. The van der Waals surface area contributed by atoms with E-state index in [1.165, 1.54) is 11.8 Å². The van der Waals surface area contributed by atoms with Crippen molar-refractivity contribution in [3.05, 3.63) is 90.5 Å². The minimum absolute atomic E-state index is 0.0780. The van der Waals surface area contributed by atoms with E-state index in [1.54, 1.807) is 4.90 Å². The summed E-state index contributed by atoms with van der Waals surface area (Å²) in [5.41, 5.74) is 3.30. The first-order valence-corrected chi connectivity index (χ1v) is 10.5. The number of nitrogens with zero attached hydrogens (tertiary/aromatic N) is 2. The molecule has 0 bridgehead atoms. The van der Waals surface area contributed by atoms with Crippen LogP contribution in [0.3, 0.4) is 0 Å². The molecule has 1 aliphatic rings. The number of rotatable bonds is 5. The smallest absolute Gasteiger partial charge is 0.247 e. The molecule has 2 amide bonds. The maximum Gasteiger partial charge on any atom is 0.247 e. The number of aliphatic imine (C=N–C) groups is 1. The van der Waals surface area contributed by atoms with Crippen LogP contribution in [0.1, 0.15) is 12.0 Å². The van der Waals surface area contributed by atoms with Crippen LogP contribution in [0, 0.1) is 6.92 Å². The summed E-state index contributed by atoms with van der Waals surface area (Å²) in [6.45, 7) is 1.97. The molecule has 1 atom stereocenters. The zero-order valence-electron chi connectivity index (χ0n) is 16.5. The van der Waals surface area contributed by atoms with E-state index in [1.807, 2.05) is 91.9 Å². The van der Waals surface area contributed by atoms with Gasteiger partial charge in [-0.2, -0.15) is 0 Å². The third-order valence-electron chi connectivity index (χ3n) is 4.60. The Hall–Kier alpha value is -3.38. The first-order valence-electron chi connectivity index (χ1n) is 9.66. The Morgan fingerprint density at radius 3 is 2.40 bits per heavy atom. The fraction of sp³-hybridized carbons (Fsp3) is 0.125. The standard InChI is InChI=1S/C24H21N3O2S/c1-17-9-8-12-19(15-17)25-22(28)16-21-23(29)27(20-13-6-3-7-14-20)24(30-21)26-18-10-4-2-5-11-18/h2-15,21H,16H2,1H3,(H,25,28)/t21-/m1/s1. The maximum absolute atomic E-state index is 13.2. The molecule has 1 aliphatic heterocycles. The number of benzene rings is 3. The highest BCUT2D eigenvalue weighted by atomic mass is 32.2. The van der Waals surface area contributed by atoms with E-state index in [2.05, 4.69) is 10.3 Å². The van der Waals surface area contributed by atoms with Gasteiger partial charge >= 0.3 is 0 Å². The molecule has 0 aromatic heterocycles. The number of para-hydroxylation sites is 2. The van der Waals surface area contributed by atoms with Gasteiger partial charge in [-0.15, -0.1) is 0 Å². The highest BCUT2D eigenvalue weighted by molar-refractivity contribution is 8.16. The van der Waals surface area contributed by atoms with Gasteiger partial charge in [0.15, 0.2) is 5.17 Å². The zero-order valence-corrected chi connectivity index (χ0v) is 17.3. The summed E-state index contributed by atoms with van der Waals surface area (Å²) in [6.07, 6.45) is 0.0780. The predicted molar refractivity (Wildman–Crippen MR) is 123 cm³/mol. The normalized spacial score (nSPS) is 17.4. The van der Waals surface area contributed by atoms with Crippen LogP contribution in [0.15, 0.2) is 89.9 Å². The summed E-state index contributed by atoms with van der Waals surface area (Å²) in [4.78, 5) is 32.1. The number of hydrogen-bond donors (Lipinski definition) is 1. The summed E-state index contributed by atoms with van der Waals surface area (Å²) in [5, 5.41) is 2.93. The van der Waals surface area contributed by atoms with Gasteiger partial charge in [-0.25, -0.2) is 4.99 Å². The molecule has 3 aromatic rings. The fourth-order valence-electron chi connectivity index (χ4n) is 3.20. The van der Waals surface area contributed by atoms with Gasteiger partial charge in [0.2, 0.25) is 11.8 Å². The molecule has 4 rings (SSSR count). The largest absolute Gasteiger partial charge is 0.326 e. The van der Waals surface area contributed by atoms with Gasteiger partial charge in [-0.1, -0.05) is 60.3 Å². The van der Waals surface area contributed by atoms with Crippen LogP contribution in [-0.4, -0.2) is 22.2 Å². The first-order chi connectivity index (χ1) is 14.6. The van der Waals surface area contributed by atoms with Crippen molar-refractivity contribution in [1.29, 1.82) is 0 Å². The molecule has 30 heavy (non-hydrogen) atoms. The van der Waals surface area contributed by atoms with Crippen LogP contribution in [0.5, 0.6) is 0 Å². The highest BCUT2D eigenvalue weighted by Crippen LogP contribution is 2.35. The molecule has 0 aliphatic carbocycles. The third kappa shape index (κ3) is 4.60. The van der Waals surface area contributed by atoms with Gasteiger partial charge in [0.05, 0.1) is 11.4 Å². The molecule has 0 saturated carbocycles. The molecule has 0 unspecified atom stereocenters. The minimum atomic E-state index is -0.530. The fourth-order valence-corrected chi connectivity index (χ4v) is 4.36. The Kier molecular flexibility index (Phi) is 5.95. The van der Waals surface area contributed by atoms with E-state index in [4.69, 9.17) is 0 Å². The van der Waals surface area contributed by atoms with Crippen molar-refractivity contribution < 1.29 is 9.59 Å². The molecular weight excluding hydrogens is 394 g/mol. The monoisotopic (exact) mass is 415 g/mol. The van der Waals surface area contributed by atoms with Gasteiger partial charge in [0.1, 0.15) is 5.25 Å². The van der Waals surface area contributed by atoms with E-state index < -0.39 is 5.25 Å². The van der Waals surface area contributed by atoms with Gasteiger partial charge < -0.3 is 5.32 Å². The van der Waals surface area contributed by atoms with Crippen molar-refractivity contribution in [3.63, 3.8) is 0 Å². The summed E-state index contributed by atoms with van der Waals surface area (Å²) in [5.74, 6) is -0.333. The highest BCUT2D eigenvalue weighted by Gasteiger charge is 2.40. The third-order valence-corrected chi connectivity index (χ3v) is 5.74. The van der Waals surface area contributed by atoms with Gasteiger partial charge in [0.25, 0.3) is 0 Å². The van der Waals surface area contributed by atoms with Crippen LogP contribution in [-0.2, 0) is 9.59 Å². The molecule has 1 fully saturated rings. The number of nitrogens with one attached hydrogen (secondary N) is 1. The average Bonchev–Trinajstić information content (AvgIpc) is 3.04. The number of carbonyl (C=O) groups excluding carboxylic acids is 2. The van der Waals surface area contributed by atoms with E-state index >= 15 is 0 Å². The SMILES string of the molecule is Cc1cccc(NC(=O)C[C@H]2SC(=Nc3ccccc3)N(c3ccccc3)C2=O)c1. The number of hydrogen-bond acceptors (Lipinski definition) is 4. The van der Waals surface area contributed by atoms with Gasteiger partial charge in [-0.05, 0) is 48.9 Å². The summed E-state index contributed by atoms with van der Waals surface area (Å²) >= 11 is 1.32. The lowest BCUT2D eigenvalue weighted by Gasteiger charge is -2.16. The zero-order chi connectivity index (χ0) is 20.9. The lowest BCUT2D eigenvalue weighted by Crippen LogP contribution is -2.33. The molecule has 5 nitrogen and oxygen atoms in total. The maximum atomic E-state index is 13.2. The van der Waals surface area contributed by atoms with Crippen LogP contribution in [0.4, 0.5) is 17.1 Å². The Morgan fingerprint density at radius 2 is 1.70 bits per heavy atom. The summed E-state index contributed by atoms with van der Waals surface area (Å²) in [7, 11) is 0. The van der Waals surface area contributed by atoms with Crippen LogP contribution in [0.25, 0.3) is 0 Å². The average molecular weight is 416 g/mol. The molecule has 1 heterocycles. The topological polar surface area (TPSA) is 61.8 Å². The molecule has 0 radical (unpaired) electrons. The van der Waals surface area contributed by atoms with E-state index in [-0.39, 0.29) is 18.2 Å². The molecule has 0 spiro atoms. The van der Waals surface area contributed by atoms with E-state index in [0.29, 0.717) is 5.17 Å². The molecule has 6 heteroatoms. The molecule has 150 valence electrons. The van der Waals surface area contributed by atoms with Crippen molar-refractivity contribution in [2.24, 2.45) is 4.99 Å². The second kappa shape index (κ2) is 8.97. The number of thioether (sulfide) groups is 1. The quantitative estimate of drug-likeness (QED) is 0.626. The van der Waals surface area contributed by atoms with Crippen molar-refractivity contribution in [3.8, 4) is 0 Å². The summed E-state index contributed by atoms with van der Waals surface area (Å²) in [6, 6.07) is 26.5. The van der Waals surface area contributed by atoms with Crippen molar-refractivity contribution in [1.82, 2.24) is 0 Å². The molecule has 1 saturated heterocycles. The Labute approximate surface area is 179 Å². The molecule has 3 aromatic carbocycles. The Bertz CT molecular complexity index is 1080. The van der Waals surface area contributed by atoms with Gasteiger partial charge in [-0.3, -0.25) is 14.5 Å². The van der Waals surface area contributed by atoms with Crippen molar-refractivity contribution in [2.75, 3.05) is 10.2 Å². The van der Waals surface area contributed by atoms with Gasteiger partial charge in [0, 0.05) is 12.1 Å². The van der Waals surface area contributed by atoms with Crippen LogP contribution < -0.4 is 10.2 Å². The number of anilines is 2. The number of amidine groups is 1. The van der Waals surface area contributed by atoms with E-state index in [9.17, 15) is 9.59 Å². The number of amides is 2. The number of aryl methyl sites for hydroxylation is 1. The first kappa shape index (κ1) is 19.9. The lowest BCUT2D eigenvalue weighted by atomic mass is 10.2. The minimum Gasteiger partial charge on any atom is -0.326 e. The Balaban J connectivity index is 1.56.